The second-order valence-corrected chi connectivity index (χ2v) is 9.16. The van der Waals surface area contributed by atoms with Crippen LogP contribution in [0.4, 0.5) is 5.69 Å². The zero-order valence-corrected chi connectivity index (χ0v) is 19.9. The van der Waals surface area contributed by atoms with Crippen LogP contribution in [0.3, 0.4) is 0 Å². The third-order valence-corrected chi connectivity index (χ3v) is 6.79. The molecule has 0 atom stereocenters. The summed E-state index contributed by atoms with van der Waals surface area (Å²) >= 11 is 1.35. The van der Waals surface area contributed by atoms with E-state index in [9.17, 15) is 9.59 Å². The molecule has 8 heteroatoms. The number of anilines is 1. The number of fused-ring (bicyclic) bond motifs is 1. The summed E-state index contributed by atoms with van der Waals surface area (Å²) in [5, 5.41) is 12.2. The molecule has 0 bridgehead atoms. The van der Waals surface area contributed by atoms with Gasteiger partial charge in [-0.15, -0.1) is 10.2 Å². The van der Waals surface area contributed by atoms with Gasteiger partial charge in [-0.05, 0) is 35.7 Å². The van der Waals surface area contributed by atoms with E-state index in [1.807, 2.05) is 88.3 Å². The number of carbonyl (C=O) groups excluding carboxylic acids is 2. The molecule has 1 aromatic heterocycles. The highest BCUT2D eigenvalue weighted by Crippen LogP contribution is 2.29. The largest absolute Gasteiger partial charge is 0.348 e. The molecule has 7 nitrogen and oxygen atoms in total. The highest BCUT2D eigenvalue weighted by Gasteiger charge is 2.25. The SMILES string of the molecule is O=C(Cc1ccccc1)NCc1nnc(SCC(=O)N2CCc3ccccc32)n1-c1ccccc1. The van der Waals surface area contributed by atoms with Crippen LogP contribution in [0.15, 0.2) is 90.1 Å². The summed E-state index contributed by atoms with van der Waals surface area (Å²) < 4.78 is 1.90. The summed E-state index contributed by atoms with van der Waals surface area (Å²) in [7, 11) is 0. The van der Waals surface area contributed by atoms with Crippen LogP contribution in [0, 0.1) is 0 Å². The van der Waals surface area contributed by atoms with Gasteiger partial charge in [0.05, 0.1) is 18.7 Å². The second-order valence-electron chi connectivity index (χ2n) is 8.22. The molecular formula is C27H25N5O2S. The first-order chi connectivity index (χ1) is 17.2. The number of amides is 2. The Kier molecular flexibility index (Phi) is 6.90. The van der Waals surface area contributed by atoms with Gasteiger partial charge in [0.2, 0.25) is 11.8 Å². The lowest BCUT2D eigenvalue weighted by atomic mass is 10.1. The number of aromatic nitrogens is 3. The monoisotopic (exact) mass is 483 g/mol. The van der Waals surface area contributed by atoms with E-state index in [1.165, 1.54) is 17.3 Å². The minimum absolute atomic E-state index is 0.0419. The molecule has 176 valence electrons. The summed E-state index contributed by atoms with van der Waals surface area (Å²) in [6.07, 6.45) is 1.17. The number of rotatable bonds is 8. The van der Waals surface area contributed by atoms with Gasteiger partial charge in [-0.3, -0.25) is 14.2 Å². The number of hydrogen-bond donors (Lipinski definition) is 1. The summed E-state index contributed by atoms with van der Waals surface area (Å²) in [4.78, 5) is 27.3. The lowest BCUT2D eigenvalue weighted by molar-refractivity contribution is -0.120. The van der Waals surface area contributed by atoms with Gasteiger partial charge in [0.1, 0.15) is 0 Å². The van der Waals surface area contributed by atoms with Crippen molar-refractivity contribution in [2.75, 3.05) is 17.2 Å². The van der Waals surface area contributed by atoms with Crippen molar-refractivity contribution < 1.29 is 9.59 Å². The van der Waals surface area contributed by atoms with Crippen molar-refractivity contribution in [2.45, 2.75) is 24.5 Å². The standard InChI is InChI=1S/C27H25N5O2S/c33-25(17-20-9-3-1-4-10-20)28-18-24-29-30-27(32(24)22-12-5-2-6-13-22)35-19-26(34)31-16-15-21-11-7-8-14-23(21)31/h1-14H,15-19H2,(H,28,33). The Bertz CT molecular complexity index is 1320. The van der Waals surface area contributed by atoms with Gasteiger partial charge in [-0.25, -0.2) is 0 Å². The molecule has 35 heavy (non-hydrogen) atoms. The number of carbonyl (C=O) groups is 2. The first kappa shape index (κ1) is 22.9. The van der Waals surface area contributed by atoms with Crippen LogP contribution in [0.5, 0.6) is 0 Å². The third-order valence-electron chi connectivity index (χ3n) is 5.88. The van der Waals surface area contributed by atoms with Gasteiger partial charge in [-0.2, -0.15) is 0 Å². The van der Waals surface area contributed by atoms with E-state index in [2.05, 4.69) is 21.6 Å². The van der Waals surface area contributed by atoms with Gasteiger partial charge in [0, 0.05) is 17.9 Å². The van der Waals surface area contributed by atoms with Crippen LogP contribution < -0.4 is 10.2 Å². The molecule has 2 heterocycles. The lowest BCUT2D eigenvalue weighted by Gasteiger charge is -2.17. The third kappa shape index (κ3) is 5.27. The summed E-state index contributed by atoms with van der Waals surface area (Å²) in [5.74, 6) is 0.815. The number of nitrogens with one attached hydrogen (secondary N) is 1. The molecule has 1 aliphatic heterocycles. The van der Waals surface area contributed by atoms with Crippen LogP contribution in [-0.4, -0.2) is 38.9 Å². The van der Waals surface area contributed by atoms with Crippen LogP contribution in [-0.2, 0) is 29.0 Å². The normalized spacial score (nSPS) is 12.4. The molecule has 0 unspecified atom stereocenters. The van der Waals surface area contributed by atoms with Crippen molar-refractivity contribution in [1.82, 2.24) is 20.1 Å². The molecule has 0 saturated heterocycles. The highest BCUT2D eigenvalue weighted by atomic mass is 32.2. The molecule has 0 aliphatic carbocycles. The highest BCUT2D eigenvalue weighted by molar-refractivity contribution is 7.99. The van der Waals surface area contributed by atoms with Crippen molar-refractivity contribution in [1.29, 1.82) is 0 Å². The number of benzene rings is 3. The first-order valence-electron chi connectivity index (χ1n) is 11.5. The average Bonchev–Trinajstić information content (AvgIpc) is 3.51. The Morgan fingerprint density at radius 1 is 0.886 bits per heavy atom. The Balaban J connectivity index is 1.29. The van der Waals surface area contributed by atoms with Crippen molar-refractivity contribution in [3.63, 3.8) is 0 Å². The van der Waals surface area contributed by atoms with Gasteiger partial charge >= 0.3 is 0 Å². The predicted octanol–water partition coefficient (Wildman–Crippen LogP) is 3.81. The molecule has 0 spiro atoms. The van der Waals surface area contributed by atoms with Crippen LogP contribution in [0.25, 0.3) is 5.69 Å². The Hall–Kier alpha value is -3.91. The maximum absolute atomic E-state index is 13.0. The molecule has 0 saturated carbocycles. The molecule has 0 radical (unpaired) electrons. The molecule has 5 rings (SSSR count). The zero-order chi connectivity index (χ0) is 24.0. The molecule has 2 amide bonds. The molecule has 3 aromatic carbocycles. The van der Waals surface area contributed by atoms with E-state index in [0.717, 1.165) is 23.4 Å². The summed E-state index contributed by atoms with van der Waals surface area (Å²) in [5.41, 5.74) is 4.02. The average molecular weight is 484 g/mol. The van der Waals surface area contributed by atoms with Crippen molar-refractivity contribution in [3.8, 4) is 5.69 Å². The summed E-state index contributed by atoms with van der Waals surface area (Å²) in [6.45, 7) is 0.935. The number of nitrogens with zero attached hydrogens (tertiary/aromatic N) is 4. The maximum Gasteiger partial charge on any atom is 0.237 e. The Morgan fingerprint density at radius 3 is 2.40 bits per heavy atom. The molecule has 1 N–H and O–H groups in total. The van der Waals surface area contributed by atoms with Gasteiger partial charge in [0.25, 0.3) is 0 Å². The lowest BCUT2D eigenvalue weighted by Crippen LogP contribution is -2.30. The minimum Gasteiger partial charge on any atom is -0.348 e. The molecule has 0 fully saturated rings. The quantitative estimate of drug-likeness (QED) is 0.386. The van der Waals surface area contributed by atoms with E-state index in [0.29, 0.717) is 23.9 Å². The smallest absolute Gasteiger partial charge is 0.237 e. The summed E-state index contributed by atoms with van der Waals surface area (Å²) in [6, 6.07) is 27.4. The van der Waals surface area contributed by atoms with E-state index in [-0.39, 0.29) is 24.1 Å². The van der Waals surface area contributed by atoms with E-state index < -0.39 is 0 Å². The van der Waals surface area contributed by atoms with Crippen LogP contribution in [0.2, 0.25) is 0 Å². The molecular weight excluding hydrogens is 458 g/mol. The van der Waals surface area contributed by atoms with Gasteiger partial charge in [-0.1, -0.05) is 78.5 Å². The molecule has 1 aliphatic rings. The topological polar surface area (TPSA) is 80.1 Å². The van der Waals surface area contributed by atoms with Crippen molar-refractivity contribution >= 4 is 29.3 Å². The molecule has 4 aromatic rings. The Morgan fingerprint density at radius 2 is 1.60 bits per heavy atom. The van der Waals surface area contributed by atoms with Crippen LogP contribution in [0.1, 0.15) is 17.0 Å². The predicted molar refractivity (Wildman–Crippen MR) is 137 cm³/mol. The minimum atomic E-state index is -0.0871. The zero-order valence-electron chi connectivity index (χ0n) is 19.1. The second kappa shape index (κ2) is 10.6. The van der Waals surface area contributed by atoms with E-state index in [4.69, 9.17) is 0 Å². The number of hydrogen-bond acceptors (Lipinski definition) is 5. The van der Waals surface area contributed by atoms with Gasteiger partial charge in [0.15, 0.2) is 11.0 Å². The number of para-hydroxylation sites is 2. The van der Waals surface area contributed by atoms with Crippen molar-refractivity contribution in [2.24, 2.45) is 0 Å². The maximum atomic E-state index is 13.0. The fourth-order valence-electron chi connectivity index (χ4n) is 4.17. The van der Waals surface area contributed by atoms with E-state index in [1.54, 1.807) is 0 Å². The number of thioether (sulfide) groups is 1. The first-order valence-corrected chi connectivity index (χ1v) is 12.5. The fourth-order valence-corrected chi connectivity index (χ4v) is 5.01. The fraction of sp³-hybridized carbons (Fsp3) is 0.185. The Labute approximate surface area is 208 Å². The van der Waals surface area contributed by atoms with Crippen molar-refractivity contribution in [3.05, 3.63) is 102 Å². The van der Waals surface area contributed by atoms with Crippen LogP contribution >= 0.6 is 11.8 Å². The van der Waals surface area contributed by atoms with E-state index >= 15 is 0 Å². The van der Waals surface area contributed by atoms with Gasteiger partial charge < -0.3 is 10.2 Å².